The van der Waals surface area contributed by atoms with Gasteiger partial charge in [0.05, 0.1) is 0 Å². The molecule has 1 aliphatic carbocycles. The second kappa shape index (κ2) is 4.85. The molecule has 2 nitrogen and oxygen atoms in total. The summed E-state index contributed by atoms with van der Waals surface area (Å²) in [6, 6.07) is 12.1. The van der Waals surface area contributed by atoms with Crippen LogP contribution in [0.3, 0.4) is 0 Å². The van der Waals surface area contributed by atoms with Crippen LogP contribution in [-0.2, 0) is 0 Å². The molecule has 1 unspecified atom stereocenters. The molecule has 1 N–H and O–H groups in total. The maximum absolute atomic E-state index is 3.72. The van der Waals surface area contributed by atoms with Crippen molar-refractivity contribution in [1.29, 1.82) is 0 Å². The highest BCUT2D eigenvalue weighted by Gasteiger charge is 2.66. The zero-order chi connectivity index (χ0) is 14.4. The quantitative estimate of drug-likeness (QED) is 0.887. The van der Waals surface area contributed by atoms with Gasteiger partial charge in [-0.25, -0.2) is 0 Å². The Morgan fingerprint density at radius 3 is 2.30 bits per heavy atom. The minimum Gasteiger partial charge on any atom is -0.309 e. The second-order valence-electron chi connectivity index (χ2n) is 7.61. The number of nitrogens with zero attached hydrogens (tertiary/aromatic N) is 1. The first-order valence-electron chi connectivity index (χ1n) is 7.97. The molecule has 2 heteroatoms. The van der Waals surface area contributed by atoms with Crippen molar-refractivity contribution >= 4 is 0 Å². The normalized spacial score (nSPS) is 29.9. The molecule has 3 rings (SSSR count). The van der Waals surface area contributed by atoms with Gasteiger partial charge in [-0.2, -0.15) is 0 Å². The van der Waals surface area contributed by atoms with Crippen molar-refractivity contribution in [3.8, 4) is 0 Å². The molecule has 0 spiro atoms. The molecule has 2 aliphatic rings. The van der Waals surface area contributed by atoms with Gasteiger partial charge in [-0.1, -0.05) is 58.0 Å². The Balaban J connectivity index is 1.77. The molecule has 0 aromatic heterocycles. The summed E-state index contributed by atoms with van der Waals surface area (Å²) in [6.45, 7) is 13.2. The molecule has 1 saturated carbocycles. The summed E-state index contributed by atoms with van der Waals surface area (Å²) in [4.78, 5) is 2.73. The molecule has 2 fully saturated rings. The fourth-order valence-corrected chi connectivity index (χ4v) is 4.17. The van der Waals surface area contributed by atoms with Crippen LogP contribution >= 0.6 is 0 Å². The van der Waals surface area contributed by atoms with E-state index in [1.807, 2.05) is 0 Å². The number of hydrogen-bond acceptors (Lipinski definition) is 2. The van der Waals surface area contributed by atoms with Gasteiger partial charge in [0.25, 0.3) is 0 Å². The molecule has 20 heavy (non-hydrogen) atoms. The summed E-state index contributed by atoms with van der Waals surface area (Å²) in [5.74, 6) is 0. The van der Waals surface area contributed by atoms with Crippen molar-refractivity contribution in [2.75, 3.05) is 19.6 Å². The van der Waals surface area contributed by atoms with Gasteiger partial charge in [0.2, 0.25) is 0 Å². The molecule has 0 amide bonds. The Morgan fingerprint density at radius 1 is 1.05 bits per heavy atom. The Hall–Kier alpha value is -0.860. The molecule has 1 heterocycles. The smallest absolute Gasteiger partial charge is 0.0449 e. The Kier molecular flexibility index (Phi) is 3.42. The average molecular weight is 272 g/mol. The average Bonchev–Trinajstić information content (AvgIpc) is 2.94. The topological polar surface area (TPSA) is 15.3 Å². The van der Waals surface area contributed by atoms with Crippen molar-refractivity contribution in [3.05, 3.63) is 35.9 Å². The van der Waals surface area contributed by atoms with E-state index in [1.165, 1.54) is 18.5 Å². The van der Waals surface area contributed by atoms with Crippen molar-refractivity contribution < 1.29 is 0 Å². The highest BCUT2D eigenvalue weighted by Crippen LogP contribution is 2.65. The van der Waals surface area contributed by atoms with E-state index in [-0.39, 0.29) is 0 Å². The number of hydrogen-bond donors (Lipinski definition) is 1. The lowest BCUT2D eigenvalue weighted by atomic mass is 10.0. The van der Waals surface area contributed by atoms with E-state index in [2.05, 4.69) is 68.2 Å². The zero-order valence-electron chi connectivity index (χ0n) is 13.3. The summed E-state index contributed by atoms with van der Waals surface area (Å²) >= 11 is 0. The molecule has 110 valence electrons. The third-order valence-corrected chi connectivity index (χ3v) is 5.94. The molecular formula is C18H28N2. The molecule has 1 saturated heterocycles. The van der Waals surface area contributed by atoms with Gasteiger partial charge in [0.1, 0.15) is 0 Å². The highest BCUT2D eigenvalue weighted by atomic mass is 15.3. The van der Waals surface area contributed by atoms with Crippen molar-refractivity contribution in [2.24, 2.45) is 10.8 Å². The highest BCUT2D eigenvalue weighted by molar-refractivity contribution is 5.22. The zero-order valence-corrected chi connectivity index (χ0v) is 13.3. The number of nitrogens with one attached hydrogen (secondary N) is 1. The Morgan fingerprint density at radius 2 is 1.70 bits per heavy atom. The maximum Gasteiger partial charge on any atom is 0.0449 e. The first kappa shape index (κ1) is 14.1. The summed E-state index contributed by atoms with van der Waals surface area (Å²) in [5, 5.41) is 3.72. The predicted octanol–water partition coefficient (Wildman–Crippen LogP) is 3.46. The van der Waals surface area contributed by atoms with Gasteiger partial charge in [0.15, 0.2) is 0 Å². The molecule has 1 aromatic carbocycles. The van der Waals surface area contributed by atoms with Crippen LogP contribution in [0.1, 0.15) is 45.7 Å². The largest absolute Gasteiger partial charge is 0.309 e. The van der Waals surface area contributed by atoms with E-state index < -0.39 is 0 Å². The molecule has 0 radical (unpaired) electrons. The van der Waals surface area contributed by atoms with Crippen LogP contribution < -0.4 is 5.32 Å². The van der Waals surface area contributed by atoms with Crippen molar-refractivity contribution in [1.82, 2.24) is 10.2 Å². The first-order chi connectivity index (χ1) is 9.44. The molecule has 1 aliphatic heterocycles. The van der Waals surface area contributed by atoms with Crippen LogP contribution in [0.15, 0.2) is 30.3 Å². The standard InChI is InChI=1S/C18H28N2/c1-17(2)16(18(17,3)4)20-12-8-11-19-15(13-20)14-9-6-5-7-10-14/h5-7,9-10,15-16,19H,8,11-13H2,1-4H3. The van der Waals surface area contributed by atoms with E-state index in [4.69, 9.17) is 0 Å². The van der Waals surface area contributed by atoms with E-state index in [9.17, 15) is 0 Å². The summed E-state index contributed by atoms with van der Waals surface area (Å²) in [5.41, 5.74) is 2.31. The lowest BCUT2D eigenvalue weighted by molar-refractivity contribution is 0.221. The fourth-order valence-electron chi connectivity index (χ4n) is 4.17. The van der Waals surface area contributed by atoms with E-state index in [0.717, 1.165) is 19.1 Å². The van der Waals surface area contributed by atoms with Gasteiger partial charge in [-0.3, -0.25) is 4.90 Å². The molecular weight excluding hydrogens is 244 g/mol. The SMILES string of the molecule is CC1(C)C(N2CCCNC(c3ccccc3)C2)C1(C)C. The van der Waals surface area contributed by atoms with Gasteiger partial charge >= 0.3 is 0 Å². The third kappa shape index (κ3) is 2.19. The van der Waals surface area contributed by atoms with Crippen molar-refractivity contribution in [3.63, 3.8) is 0 Å². The van der Waals surface area contributed by atoms with Crippen LogP contribution in [0.25, 0.3) is 0 Å². The molecule has 1 atom stereocenters. The predicted molar refractivity (Wildman–Crippen MR) is 84.7 cm³/mol. The number of benzene rings is 1. The Labute approximate surface area is 123 Å². The van der Waals surface area contributed by atoms with Gasteiger partial charge in [-0.15, -0.1) is 0 Å². The van der Waals surface area contributed by atoms with Gasteiger partial charge in [0, 0.05) is 18.6 Å². The van der Waals surface area contributed by atoms with Crippen LogP contribution in [0.5, 0.6) is 0 Å². The van der Waals surface area contributed by atoms with Crippen molar-refractivity contribution in [2.45, 2.75) is 46.2 Å². The lowest BCUT2D eigenvalue weighted by Crippen LogP contribution is -2.35. The maximum atomic E-state index is 3.72. The van der Waals surface area contributed by atoms with Crippen LogP contribution in [0.4, 0.5) is 0 Å². The van der Waals surface area contributed by atoms with Gasteiger partial charge in [-0.05, 0) is 35.9 Å². The van der Waals surface area contributed by atoms with Crippen LogP contribution in [-0.4, -0.2) is 30.6 Å². The second-order valence-corrected chi connectivity index (χ2v) is 7.61. The van der Waals surface area contributed by atoms with E-state index in [0.29, 0.717) is 16.9 Å². The fraction of sp³-hybridized carbons (Fsp3) is 0.667. The lowest BCUT2D eigenvalue weighted by Gasteiger charge is -2.26. The summed E-state index contributed by atoms with van der Waals surface area (Å²) < 4.78 is 0. The van der Waals surface area contributed by atoms with Crippen LogP contribution in [0, 0.1) is 10.8 Å². The summed E-state index contributed by atoms with van der Waals surface area (Å²) in [6.07, 6.45) is 1.26. The minimum atomic E-state index is 0.443. The summed E-state index contributed by atoms with van der Waals surface area (Å²) in [7, 11) is 0. The minimum absolute atomic E-state index is 0.443. The van der Waals surface area contributed by atoms with Gasteiger partial charge < -0.3 is 5.32 Å². The molecule has 0 bridgehead atoms. The first-order valence-corrected chi connectivity index (χ1v) is 7.97. The third-order valence-electron chi connectivity index (χ3n) is 5.94. The molecule has 1 aromatic rings. The van der Waals surface area contributed by atoms with E-state index in [1.54, 1.807) is 0 Å². The van der Waals surface area contributed by atoms with E-state index >= 15 is 0 Å². The Bertz CT molecular complexity index is 450. The number of rotatable bonds is 2. The van der Waals surface area contributed by atoms with Crippen LogP contribution in [0.2, 0.25) is 0 Å². The monoisotopic (exact) mass is 272 g/mol.